The fourth-order valence-electron chi connectivity index (χ4n) is 4.33. The predicted molar refractivity (Wildman–Crippen MR) is 149 cm³/mol. The number of cyclic esters (lactones) is 1. The van der Waals surface area contributed by atoms with Crippen LogP contribution in [0, 0.1) is 11.8 Å². The van der Waals surface area contributed by atoms with Crippen molar-refractivity contribution in [3.63, 3.8) is 0 Å². The lowest BCUT2D eigenvalue weighted by Crippen LogP contribution is -2.48. The van der Waals surface area contributed by atoms with E-state index in [2.05, 4.69) is 10.6 Å². The molecule has 0 fully saturated rings. The summed E-state index contributed by atoms with van der Waals surface area (Å²) in [6, 6.07) is 17.0. The molecule has 214 valence electrons. The summed E-state index contributed by atoms with van der Waals surface area (Å²) in [5, 5.41) is 14.5. The van der Waals surface area contributed by atoms with Gasteiger partial charge in [-0.2, -0.15) is 0 Å². The first kappa shape index (κ1) is 30.6. The Balaban J connectivity index is 1.77. The summed E-state index contributed by atoms with van der Waals surface area (Å²) < 4.78 is 11.0. The van der Waals surface area contributed by atoms with Crippen molar-refractivity contribution in [2.45, 2.75) is 57.7 Å². The fourth-order valence-corrected chi connectivity index (χ4v) is 4.33. The van der Waals surface area contributed by atoms with Crippen molar-refractivity contribution in [3.8, 4) is 0 Å². The highest BCUT2D eigenvalue weighted by atomic mass is 16.6. The van der Waals surface area contributed by atoms with Crippen LogP contribution in [-0.2, 0) is 41.7 Å². The SMILES string of the molecule is CC(CO)NC(=O)CC1CC=CCCC(Cc2ccccc2)C(=O)OCC(C(=O)OCc2ccccc2)NC1=O. The van der Waals surface area contributed by atoms with Gasteiger partial charge in [0.05, 0.1) is 18.4 Å². The van der Waals surface area contributed by atoms with Gasteiger partial charge in [-0.15, -0.1) is 0 Å². The lowest BCUT2D eigenvalue weighted by atomic mass is 9.94. The van der Waals surface area contributed by atoms with Crippen LogP contribution in [0.2, 0.25) is 0 Å². The summed E-state index contributed by atoms with van der Waals surface area (Å²) >= 11 is 0. The zero-order valence-electron chi connectivity index (χ0n) is 22.8. The number of carbonyl (C=O) groups is 4. The van der Waals surface area contributed by atoms with E-state index in [0.29, 0.717) is 19.3 Å². The van der Waals surface area contributed by atoms with Crippen LogP contribution < -0.4 is 10.6 Å². The molecule has 2 amide bonds. The van der Waals surface area contributed by atoms with Gasteiger partial charge >= 0.3 is 11.9 Å². The Kier molecular flexibility index (Phi) is 12.4. The van der Waals surface area contributed by atoms with Crippen molar-refractivity contribution < 1.29 is 33.8 Å². The number of allylic oxidation sites excluding steroid dienone is 2. The van der Waals surface area contributed by atoms with Gasteiger partial charge in [0.2, 0.25) is 11.8 Å². The minimum Gasteiger partial charge on any atom is -0.463 e. The van der Waals surface area contributed by atoms with E-state index in [-0.39, 0.29) is 26.1 Å². The van der Waals surface area contributed by atoms with Crippen LogP contribution >= 0.6 is 0 Å². The van der Waals surface area contributed by atoms with Crippen LogP contribution in [0.3, 0.4) is 0 Å². The molecular weight excluding hydrogens is 512 g/mol. The van der Waals surface area contributed by atoms with Crippen molar-refractivity contribution in [2.24, 2.45) is 11.8 Å². The molecule has 4 atom stereocenters. The first-order valence-electron chi connectivity index (χ1n) is 13.6. The van der Waals surface area contributed by atoms with Crippen molar-refractivity contribution in [3.05, 3.63) is 83.9 Å². The van der Waals surface area contributed by atoms with Crippen molar-refractivity contribution in [1.29, 1.82) is 0 Å². The molecule has 9 nitrogen and oxygen atoms in total. The molecule has 0 aromatic heterocycles. The van der Waals surface area contributed by atoms with E-state index in [1.165, 1.54) is 0 Å². The second-order valence-corrected chi connectivity index (χ2v) is 10.0. The summed E-state index contributed by atoms with van der Waals surface area (Å²) in [7, 11) is 0. The standard InChI is InChI=1S/C31H38N2O7/c1-22(19-34)32-28(35)18-25-15-9-4-10-16-26(17-23-11-5-2-6-12-23)30(37)40-21-27(33-29(25)36)31(38)39-20-24-13-7-3-8-14-24/h2-9,11-14,22,25-27,34H,10,15-21H2,1H3,(H,32,35)(H,33,36). The van der Waals surface area contributed by atoms with E-state index in [1.807, 2.05) is 60.7 Å². The highest BCUT2D eigenvalue weighted by molar-refractivity contribution is 5.89. The Morgan fingerprint density at radius 1 is 1.02 bits per heavy atom. The van der Waals surface area contributed by atoms with Gasteiger partial charge in [0.1, 0.15) is 13.2 Å². The molecule has 0 spiro atoms. The van der Waals surface area contributed by atoms with Gasteiger partial charge in [-0.25, -0.2) is 4.79 Å². The molecule has 2 aromatic carbocycles. The highest BCUT2D eigenvalue weighted by Gasteiger charge is 2.30. The number of aliphatic hydroxyl groups excluding tert-OH is 1. The minimum absolute atomic E-state index is 0.00968. The molecule has 0 bridgehead atoms. The maximum absolute atomic E-state index is 13.3. The molecule has 4 unspecified atom stereocenters. The number of ether oxygens (including phenoxy) is 2. The Morgan fingerprint density at radius 3 is 2.38 bits per heavy atom. The molecule has 1 aliphatic heterocycles. The maximum atomic E-state index is 13.3. The molecule has 9 heteroatoms. The van der Waals surface area contributed by atoms with Gasteiger partial charge in [-0.05, 0) is 43.7 Å². The van der Waals surface area contributed by atoms with Crippen molar-refractivity contribution in [1.82, 2.24) is 10.6 Å². The number of rotatable bonds is 9. The number of esters is 2. The van der Waals surface area contributed by atoms with Crippen LogP contribution in [0.5, 0.6) is 0 Å². The van der Waals surface area contributed by atoms with Crippen molar-refractivity contribution >= 4 is 23.8 Å². The van der Waals surface area contributed by atoms with Crippen LogP contribution in [0.1, 0.15) is 43.7 Å². The van der Waals surface area contributed by atoms with Crippen LogP contribution in [0.15, 0.2) is 72.8 Å². The van der Waals surface area contributed by atoms with Gasteiger partial charge in [0.25, 0.3) is 0 Å². The minimum atomic E-state index is -1.25. The number of hydrogen-bond acceptors (Lipinski definition) is 7. The Hall–Kier alpha value is -3.98. The molecule has 3 rings (SSSR count). The summed E-state index contributed by atoms with van der Waals surface area (Å²) in [4.78, 5) is 51.9. The lowest BCUT2D eigenvalue weighted by Gasteiger charge is -2.22. The van der Waals surface area contributed by atoms with Crippen LogP contribution in [-0.4, -0.2) is 54.2 Å². The third-order valence-corrected chi connectivity index (χ3v) is 6.63. The number of carbonyl (C=O) groups excluding carboxylic acids is 4. The molecule has 0 saturated heterocycles. The number of amides is 2. The Morgan fingerprint density at radius 2 is 1.70 bits per heavy atom. The second kappa shape index (κ2) is 16.2. The lowest BCUT2D eigenvalue weighted by molar-refractivity contribution is -0.157. The maximum Gasteiger partial charge on any atom is 0.332 e. The van der Waals surface area contributed by atoms with Gasteiger partial charge < -0.3 is 25.2 Å². The van der Waals surface area contributed by atoms with Crippen LogP contribution in [0.25, 0.3) is 0 Å². The molecule has 1 aliphatic rings. The monoisotopic (exact) mass is 550 g/mol. The van der Waals surface area contributed by atoms with E-state index in [1.54, 1.807) is 19.1 Å². The quantitative estimate of drug-likeness (QED) is 0.323. The summed E-state index contributed by atoms with van der Waals surface area (Å²) in [6.07, 6.45) is 5.42. The number of aliphatic hydroxyl groups is 1. The average Bonchev–Trinajstić information content (AvgIpc) is 2.97. The molecule has 0 saturated carbocycles. The van der Waals surface area contributed by atoms with Crippen LogP contribution in [0.4, 0.5) is 0 Å². The number of nitrogens with one attached hydrogen (secondary N) is 2. The van der Waals surface area contributed by atoms with Gasteiger partial charge in [0.15, 0.2) is 6.04 Å². The van der Waals surface area contributed by atoms with E-state index < -0.39 is 54.3 Å². The van der Waals surface area contributed by atoms with E-state index in [0.717, 1.165) is 11.1 Å². The molecule has 40 heavy (non-hydrogen) atoms. The summed E-state index contributed by atoms with van der Waals surface area (Å²) in [5.74, 6) is -3.34. The first-order valence-corrected chi connectivity index (χ1v) is 13.6. The third kappa shape index (κ3) is 10.3. The number of benzene rings is 2. The predicted octanol–water partition coefficient (Wildman–Crippen LogP) is 2.86. The molecule has 2 aromatic rings. The van der Waals surface area contributed by atoms with Crippen molar-refractivity contribution in [2.75, 3.05) is 13.2 Å². The van der Waals surface area contributed by atoms with E-state index in [4.69, 9.17) is 9.47 Å². The molecule has 0 aliphatic carbocycles. The van der Waals surface area contributed by atoms with E-state index in [9.17, 15) is 24.3 Å². The van der Waals surface area contributed by atoms with Gasteiger partial charge in [0, 0.05) is 12.5 Å². The highest BCUT2D eigenvalue weighted by Crippen LogP contribution is 2.19. The summed E-state index contributed by atoms with van der Waals surface area (Å²) in [6.45, 7) is 1.02. The third-order valence-electron chi connectivity index (χ3n) is 6.63. The smallest absolute Gasteiger partial charge is 0.332 e. The first-order chi connectivity index (χ1) is 19.4. The molecule has 0 radical (unpaired) electrons. The molecular formula is C31H38N2O7. The Bertz CT molecular complexity index is 1140. The fraction of sp³-hybridized carbons (Fsp3) is 0.419. The topological polar surface area (TPSA) is 131 Å². The zero-order chi connectivity index (χ0) is 28.7. The Labute approximate surface area is 234 Å². The van der Waals surface area contributed by atoms with Gasteiger partial charge in [-0.3, -0.25) is 14.4 Å². The van der Waals surface area contributed by atoms with E-state index >= 15 is 0 Å². The second-order valence-electron chi connectivity index (χ2n) is 10.0. The zero-order valence-corrected chi connectivity index (χ0v) is 22.8. The van der Waals surface area contributed by atoms with Gasteiger partial charge in [-0.1, -0.05) is 72.8 Å². The summed E-state index contributed by atoms with van der Waals surface area (Å²) in [5.41, 5.74) is 1.76. The molecule has 1 heterocycles. The normalized spacial score (nSPS) is 21.0. The number of hydrogen-bond donors (Lipinski definition) is 3. The average molecular weight is 551 g/mol. The largest absolute Gasteiger partial charge is 0.463 e. The molecule has 3 N–H and O–H groups in total.